The van der Waals surface area contributed by atoms with Gasteiger partial charge in [0.1, 0.15) is 10.6 Å². The molecule has 0 aliphatic heterocycles. The summed E-state index contributed by atoms with van der Waals surface area (Å²) >= 11 is 7.94. The Labute approximate surface area is 168 Å². The van der Waals surface area contributed by atoms with Crippen LogP contribution in [0, 0.1) is 0 Å². The molecule has 0 saturated carbocycles. The summed E-state index contributed by atoms with van der Waals surface area (Å²) in [6, 6.07) is 23.3. The molecule has 0 radical (unpaired) electrons. The summed E-state index contributed by atoms with van der Waals surface area (Å²) in [4.78, 5) is 13.5. The number of aromatic nitrogens is 2. The van der Waals surface area contributed by atoms with Gasteiger partial charge in [-0.2, -0.15) is 4.98 Å². The summed E-state index contributed by atoms with van der Waals surface area (Å²) in [6.07, 6.45) is 0. The van der Waals surface area contributed by atoms with Crippen molar-refractivity contribution in [2.24, 2.45) is 0 Å². The van der Waals surface area contributed by atoms with Crippen molar-refractivity contribution in [3.05, 3.63) is 77.6 Å². The van der Waals surface area contributed by atoms with E-state index in [1.54, 1.807) is 11.3 Å². The normalized spacial score (nSPS) is 11.3. The standard InChI is InChI=1S/C22H20ClN3S/c1-15(2)26(14-16-9-5-3-6-10-16)20-18-13-19(17-11-7-4-8-12-17)27-21(18)25-22(23)24-20/h3-13,15H,14H2,1-2H3. The van der Waals surface area contributed by atoms with Gasteiger partial charge in [-0.05, 0) is 42.6 Å². The largest absolute Gasteiger partial charge is 0.349 e. The maximum absolute atomic E-state index is 6.29. The molecule has 2 heterocycles. The Kier molecular flexibility index (Phi) is 5.10. The Bertz CT molecular complexity index is 1050. The molecule has 0 N–H and O–H groups in total. The third-order valence-electron chi connectivity index (χ3n) is 4.49. The number of anilines is 1. The summed E-state index contributed by atoms with van der Waals surface area (Å²) in [5.74, 6) is 0.891. The van der Waals surface area contributed by atoms with E-state index in [9.17, 15) is 0 Å². The van der Waals surface area contributed by atoms with Crippen LogP contribution in [-0.2, 0) is 6.54 Å². The first-order chi connectivity index (χ1) is 13.1. The molecule has 136 valence electrons. The zero-order valence-corrected chi connectivity index (χ0v) is 16.8. The molecule has 4 aromatic rings. The van der Waals surface area contributed by atoms with Gasteiger partial charge in [0.05, 0.1) is 5.39 Å². The van der Waals surface area contributed by atoms with E-state index in [-0.39, 0.29) is 11.3 Å². The molecule has 0 aliphatic rings. The predicted molar refractivity (Wildman–Crippen MR) is 116 cm³/mol. The zero-order valence-electron chi connectivity index (χ0n) is 15.3. The molecular weight excluding hydrogens is 374 g/mol. The lowest BCUT2D eigenvalue weighted by Crippen LogP contribution is -2.31. The lowest BCUT2D eigenvalue weighted by atomic mass is 10.1. The molecule has 2 aromatic carbocycles. The summed E-state index contributed by atoms with van der Waals surface area (Å²) in [5, 5.41) is 1.34. The molecule has 0 fully saturated rings. The molecule has 27 heavy (non-hydrogen) atoms. The van der Waals surface area contributed by atoms with Crippen LogP contribution in [0.2, 0.25) is 5.28 Å². The quantitative estimate of drug-likeness (QED) is 0.366. The van der Waals surface area contributed by atoms with Gasteiger partial charge in [-0.15, -0.1) is 11.3 Å². The Morgan fingerprint density at radius 1 is 0.963 bits per heavy atom. The minimum absolute atomic E-state index is 0.277. The number of fused-ring (bicyclic) bond motifs is 1. The second kappa shape index (κ2) is 7.67. The lowest BCUT2D eigenvalue weighted by Gasteiger charge is -2.28. The van der Waals surface area contributed by atoms with Crippen LogP contribution in [0.25, 0.3) is 20.7 Å². The van der Waals surface area contributed by atoms with E-state index in [1.165, 1.54) is 16.0 Å². The fourth-order valence-corrected chi connectivity index (χ4v) is 4.37. The smallest absolute Gasteiger partial charge is 0.225 e. The van der Waals surface area contributed by atoms with E-state index >= 15 is 0 Å². The highest BCUT2D eigenvalue weighted by Crippen LogP contribution is 2.38. The number of nitrogens with zero attached hydrogens (tertiary/aromatic N) is 3. The first-order valence-electron chi connectivity index (χ1n) is 8.95. The van der Waals surface area contributed by atoms with Crippen LogP contribution in [0.15, 0.2) is 66.7 Å². The Morgan fingerprint density at radius 2 is 1.63 bits per heavy atom. The molecule has 0 spiro atoms. The van der Waals surface area contributed by atoms with Crippen LogP contribution in [0.5, 0.6) is 0 Å². The molecule has 0 unspecified atom stereocenters. The third kappa shape index (κ3) is 3.82. The van der Waals surface area contributed by atoms with Crippen molar-refractivity contribution in [1.82, 2.24) is 9.97 Å². The fraction of sp³-hybridized carbons (Fsp3) is 0.182. The monoisotopic (exact) mass is 393 g/mol. The molecule has 0 atom stereocenters. The molecule has 4 rings (SSSR count). The van der Waals surface area contributed by atoms with Crippen molar-refractivity contribution in [2.45, 2.75) is 26.4 Å². The van der Waals surface area contributed by atoms with Crippen molar-refractivity contribution in [3.63, 3.8) is 0 Å². The van der Waals surface area contributed by atoms with Crippen LogP contribution >= 0.6 is 22.9 Å². The van der Waals surface area contributed by atoms with E-state index in [0.717, 1.165) is 22.6 Å². The molecule has 0 saturated heterocycles. The van der Waals surface area contributed by atoms with Crippen LogP contribution < -0.4 is 4.90 Å². The van der Waals surface area contributed by atoms with Gasteiger partial charge in [0.2, 0.25) is 5.28 Å². The number of halogens is 1. The summed E-state index contributed by atoms with van der Waals surface area (Å²) in [5.41, 5.74) is 2.43. The maximum atomic E-state index is 6.29. The second-order valence-corrected chi connectivity index (χ2v) is 8.09. The summed E-state index contributed by atoms with van der Waals surface area (Å²) in [6.45, 7) is 5.13. The number of rotatable bonds is 5. The van der Waals surface area contributed by atoms with Crippen molar-refractivity contribution >= 4 is 39.0 Å². The average molecular weight is 394 g/mol. The van der Waals surface area contributed by atoms with E-state index in [4.69, 9.17) is 11.6 Å². The Hall–Kier alpha value is -2.43. The first kappa shape index (κ1) is 18.0. The SMILES string of the molecule is CC(C)N(Cc1ccccc1)c1nc(Cl)nc2sc(-c3ccccc3)cc12. The maximum Gasteiger partial charge on any atom is 0.225 e. The molecule has 0 aliphatic carbocycles. The molecule has 5 heteroatoms. The third-order valence-corrected chi connectivity index (χ3v) is 5.74. The van der Waals surface area contributed by atoms with Gasteiger partial charge >= 0.3 is 0 Å². The zero-order chi connectivity index (χ0) is 18.8. The topological polar surface area (TPSA) is 29.0 Å². The minimum Gasteiger partial charge on any atom is -0.349 e. The van der Waals surface area contributed by atoms with Crippen LogP contribution in [0.3, 0.4) is 0 Å². The van der Waals surface area contributed by atoms with Crippen LogP contribution in [0.4, 0.5) is 5.82 Å². The summed E-state index contributed by atoms with van der Waals surface area (Å²) < 4.78 is 0. The second-order valence-electron chi connectivity index (χ2n) is 6.72. The predicted octanol–water partition coefficient (Wildman–Crippen LogP) is 6.43. The summed E-state index contributed by atoms with van der Waals surface area (Å²) in [7, 11) is 0. The van der Waals surface area contributed by atoms with Gasteiger partial charge in [-0.3, -0.25) is 0 Å². The molecular formula is C22H20ClN3S. The van der Waals surface area contributed by atoms with Crippen molar-refractivity contribution in [1.29, 1.82) is 0 Å². The number of hydrogen-bond donors (Lipinski definition) is 0. The van der Waals surface area contributed by atoms with Crippen molar-refractivity contribution in [3.8, 4) is 10.4 Å². The van der Waals surface area contributed by atoms with E-state index < -0.39 is 0 Å². The molecule has 3 nitrogen and oxygen atoms in total. The average Bonchev–Trinajstić information content (AvgIpc) is 3.11. The van der Waals surface area contributed by atoms with Gasteiger partial charge in [0.25, 0.3) is 0 Å². The van der Waals surface area contributed by atoms with E-state index in [2.05, 4.69) is 83.3 Å². The molecule has 0 amide bonds. The highest BCUT2D eigenvalue weighted by Gasteiger charge is 2.19. The van der Waals surface area contributed by atoms with E-state index in [0.29, 0.717) is 0 Å². The number of benzene rings is 2. The first-order valence-corrected chi connectivity index (χ1v) is 10.1. The number of thiophene rings is 1. The van der Waals surface area contributed by atoms with Gasteiger partial charge in [-0.25, -0.2) is 4.98 Å². The van der Waals surface area contributed by atoms with E-state index in [1.807, 2.05) is 12.1 Å². The van der Waals surface area contributed by atoms with Crippen molar-refractivity contribution in [2.75, 3.05) is 4.90 Å². The van der Waals surface area contributed by atoms with Gasteiger partial charge in [0.15, 0.2) is 0 Å². The Balaban J connectivity index is 1.82. The van der Waals surface area contributed by atoms with Crippen molar-refractivity contribution < 1.29 is 0 Å². The molecule has 0 bridgehead atoms. The minimum atomic E-state index is 0.277. The van der Waals surface area contributed by atoms with Gasteiger partial charge in [0, 0.05) is 17.5 Å². The number of hydrogen-bond acceptors (Lipinski definition) is 4. The fourth-order valence-electron chi connectivity index (χ4n) is 3.13. The lowest BCUT2D eigenvalue weighted by molar-refractivity contribution is 0.675. The van der Waals surface area contributed by atoms with Crippen LogP contribution in [-0.4, -0.2) is 16.0 Å². The van der Waals surface area contributed by atoms with Crippen LogP contribution in [0.1, 0.15) is 19.4 Å². The highest BCUT2D eigenvalue weighted by molar-refractivity contribution is 7.22. The molecule has 2 aromatic heterocycles. The van der Waals surface area contributed by atoms with Gasteiger partial charge < -0.3 is 4.90 Å². The highest BCUT2D eigenvalue weighted by atomic mass is 35.5. The Morgan fingerprint density at radius 3 is 2.30 bits per heavy atom. The van der Waals surface area contributed by atoms with Gasteiger partial charge in [-0.1, -0.05) is 60.7 Å².